The van der Waals surface area contributed by atoms with Crippen LogP contribution in [0.15, 0.2) is 42.6 Å². The van der Waals surface area contributed by atoms with E-state index < -0.39 is 0 Å². The summed E-state index contributed by atoms with van der Waals surface area (Å²) in [5.41, 5.74) is 3.35. The van der Waals surface area contributed by atoms with E-state index in [1.165, 1.54) is 5.69 Å². The maximum atomic E-state index is 12.6. The molecule has 0 spiro atoms. The summed E-state index contributed by atoms with van der Waals surface area (Å²) in [6.45, 7) is 9.33. The highest BCUT2D eigenvalue weighted by Crippen LogP contribution is 2.44. The van der Waals surface area contributed by atoms with E-state index in [-0.39, 0.29) is 23.9 Å². The fourth-order valence-corrected chi connectivity index (χ4v) is 4.72. The molecular formula is C23H30N4O2. The molecule has 1 N–H and O–H groups in total. The van der Waals surface area contributed by atoms with E-state index in [0.717, 1.165) is 49.8 Å². The summed E-state index contributed by atoms with van der Waals surface area (Å²) in [5.74, 6) is 1.21. The molecule has 154 valence electrons. The van der Waals surface area contributed by atoms with Crippen LogP contribution in [-0.2, 0) is 9.53 Å². The molecule has 0 radical (unpaired) electrons. The summed E-state index contributed by atoms with van der Waals surface area (Å²) in [7, 11) is 0. The molecule has 1 aromatic carbocycles. The summed E-state index contributed by atoms with van der Waals surface area (Å²) in [6, 6.07) is 12.6. The van der Waals surface area contributed by atoms with Crippen molar-refractivity contribution in [1.29, 1.82) is 0 Å². The van der Waals surface area contributed by atoms with Crippen molar-refractivity contribution in [3.05, 3.63) is 48.2 Å². The average molecular weight is 395 g/mol. The molecule has 0 bridgehead atoms. The number of hydrogen-bond donors (Lipinski definition) is 1. The molecule has 0 saturated carbocycles. The van der Waals surface area contributed by atoms with Gasteiger partial charge in [0, 0.05) is 55.1 Å². The fraction of sp³-hybridized carbons (Fsp3) is 0.478. The van der Waals surface area contributed by atoms with Gasteiger partial charge in [0.15, 0.2) is 0 Å². The molecule has 4 rings (SSSR count). The molecule has 1 saturated heterocycles. The van der Waals surface area contributed by atoms with E-state index in [1.807, 2.05) is 23.1 Å². The second-order valence-corrected chi connectivity index (χ2v) is 7.90. The van der Waals surface area contributed by atoms with E-state index in [0.29, 0.717) is 0 Å². The summed E-state index contributed by atoms with van der Waals surface area (Å²) < 4.78 is 5.51. The molecule has 1 amide bonds. The second kappa shape index (κ2) is 8.41. The molecule has 2 unspecified atom stereocenters. The van der Waals surface area contributed by atoms with Crippen LogP contribution in [0.25, 0.3) is 0 Å². The maximum Gasteiger partial charge on any atom is 0.224 e. The molecule has 6 heteroatoms. The predicted molar refractivity (Wildman–Crippen MR) is 116 cm³/mol. The topological polar surface area (TPSA) is 57.7 Å². The lowest BCUT2D eigenvalue weighted by Crippen LogP contribution is -2.49. The molecular weight excluding hydrogens is 364 g/mol. The molecule has 0 aliphatic carbocycles. The Morgan fingerprint density at radius 1 is 1.24 bits per heavy atom. The fourth-order valence-electron chi connectivity index (χ4n) is 4.72. The zero-order valence-corrected chi connectivity index (χ0v) is 17.5. The minimum absolute atomic E-state index is 0.0847. The number of carbonyl (C=O) groups is 1. The van der Waals surface area contributed by atoms with Gasteiger partial charge in [0.2, 0.25) is 5.91 Å². The van der Waals surface area contributed by atoms with Crippen LogP contribution >= 0.6 is 0 Å². The first-order valence-electron chi connectivity index (χ1n) is 10.5. The van der Waals surface area contributed by atoms with Crippen LogP contribution in [0.4, 0.5) is 17.2 Å². The van der Waals surface area contributed by atoms with Gasteiger partial charge in [-0.05, 0) is 36.8 Å². The number of anilines is 3. The zero-order valence-electron chi connectivity index (χ0n) is 17.5. The maximum absolute atomic E-state index is 12.6. The normalized spacial score (nSPS) is 24.2. The van der Waals surface area contributed by atoms with Gasteiger partial charge in [-0.25, -0.2) is 4.98 Å². The number of hydrogen-bond acceptors (Lipinski definition) is 5. The zero-order chi connectivity index (χ0) is 20.4. The van der Waals surface area contributed by atoms with Gasteiger partial charge in [-0.1, -0.05) is 19.9 Å². The van der Waals surface area contributed by atoms with Crippen molar-refractivity contribution in [2.24, 2.45) is 5.92 Å². The third-order valence-corrected chi connectivity index (χ3v) is 6.17. The molecule has 1 fully saturated rings. The quantitative estimate of drug-likeness (QED) is 0.854. The van der Waals surface area contributed by atoms with E-state index in [4.69, 9.17) is 4.74 Å². The molecule has 2 aliphatic rings. The van der Waals surface area contributed by atoms with Gasteiger partial charge < -0.3 is 19.9 Å². The lowest BCUT2D eigenvalue weighted by atomic mass is 9.80. The number of pyridine rings is 1. The van der Waals surface area contributed by atoms with Crippen molar-refractivity contribution >= 4 is 23.1 Å². The molecule has 2 aromatic rings. The highest BCUT2D eigenvalue weighted by molar-refractivity contribution is 5.94. The van der Waals surface area contributed by atoms with Crippen molar-refractivity contribution < 1.29 is 9.53 Å². The van der Waals surface area contributed by atoms with E-state index >= 15 is 0 Å². The summed E-state index contributed by atoms with van der Waals surface area (Å²) in [6.07, 6.45) is 2.71. The third-order valence-electron chi connectivity index (χ3n) is 6.17. The first-order valence-corrected chi connectivity index (χ1v) is 10.5. The van der Waals surface area contributed by atoms with Crippen LogP contribution in [-0.4, -0.2) is 43.2 Å². The van der Waals surface area contributed by atoms with Crippen molar-refractivity contribution in [2.75, 3.05) is 41.4 Å². The Balaban J connectivity index is 1.78. The number of morpholine rings is 1. The Kier molecular flexibility index (Phi) is 5.72. The van der Waals surface area contributed by atoms with Crippen LogP contribution in [0.5, 0.6) is 0 Å². The van der Waals surface area contributed by atoms with Gasteiger partial charge in [0.25, 0.3) is 0 Å². The number of carbonyl (C=O) groups excluding carboxylic acids is 1. The van der Waals surface area contributed by atoms with Gasteiger partial charge >= 0.3 is 0 Å². The minimum atomic E-state index is 0.0847. The smallest absolute Gasteiger partial charge is 0.224 e. The average Bonchev–Trinajstić information content (AvgIpc) is 2.76. The van der Waals surface area contributed by atoms with Crippen LogP contribution < -0.4 is 15.1 Å². The largest absolute Gasteiger partial charge is 0.378 e. The number of fused-ring (bicyclic) bond motifs is 1. The van der Waals surface area contributed by atoms with Gasteiger partial charge in [-0.3, -0.25) is 4.79 Å². The number of nitrogens with one attached hydrogen (secondary N) is 1. The molecule has 2 aliphatic heterocycles. The Labute approximate surface area is 172 Å². The van der Waals surface area contributed by atoms with Gasteiger partial charge in [0.1, 0.15) is 5.82 Å². The van der Waals surface area contributed by atoms with Gasteiger partial charge in [0.05, 0.1) is 19.3 Å². The molecule has 29 heavy (non-hydrogen) atoms. The van der Waals surface area contributed by atoms with Crippen LogP contribution in [0.2, 0.25) is 0 Å². The van der Waals surface area contributed by atoms with E-state index in [9.17, 15) is 4.79 Å². The predicted octanol–water partition coefficient (Wildman–Crippen LogP) is 3.85. The lowest BCUT2D eigenvalue weighted by Gasteiger charge is -2.45. The molecule has 3 heterocycles. The van der Waals surface area contributed by atoms with Gasteiger partial charge in [-0.15, -0.1) is 0 Å². The lowest BCUT2D eigenvalue weighted by molar-refractivity contribution is -0.117. The standard InChI is InChI=1S/C23H30N4O2/c1-4-20-16(2)23(25-22-7-5-6-10-24-22)19-15-18(26-11-13-29-14-12-26)8-9-21(19)27(20)17(3)28/h5-10,15-16,20,23H,4,11-14H2,1-3H3,(H,24,25)/t16-,20?,23?/m0/s1. The molecule has 1 aromatic heterocycles. The van der Waals surface area contributed by atoms with Crippen molar-refractivity contribution in [3.8, 4) is 0 Å². The van der Waals surface area contributed by atoms with Crippen LogP contribution in [0.3, 0.4) is 0 Å². The number of benzene rings is 1. The highest BCUT2D eigenvalue weighted by atomic mass is 16.5. The van der Waals surface area contributed by atoms with Crippen molar-refractivity contribution in [2.45, 2.75) is 39.3 Å². The second-order valence-electron chi connectivity index (χ2n) is 7.90. The van der Waals surface area contributed by atoms with Crippen molar-refractivity contribution in [3.63, 3.8) is 0 Å². The van der Waals surface area contributed by atoms with Crippen molar-refractivity contribution in [1.82, 2.24) is 4.98 Å². The Morgan fingerprint density at radius 2 is 2.03 bits per heavy atom. The van der Waals surface area contributed by atoms with Crippen LogP contribution in [0, 0.1) is 5.92 Å². The number of ether oxygens (including phenoxy) is 1. The molecule has 6 nitrogen and oxygen atoms in total. The summed E-state index contributed by atoms with van der Waals surface area (Å²) in [4.78, 5) is 21.4. The van der Waals surface area contributed by atoms with E-state index in [2.05, 4.69) is 47.2 Å². The van der Waals surface area contributed by atoms with Crippen LogP contribution in [0.1, 0.15) is 38.8 Å². The first kappa shape index (κ1) is 19.7. The Morgan fingerprint density at radius 3 is 2.69 bits per heavy atom. The number of amides is 1. The third kappa shape index (κ3) is 3.81. The van der Waals surface area contributed by atoms with Gasteiger partial charge in [-0.2, -0.15) is 0 Å². The Bertz CT molecular complexity index is 851. The summed E-state index contributed by atoms with van der Waals surface area (Å²) >= 11 is 0. The first-order chi connectivity index (χ1) is 14.1. The number of nitrogens with zero attached hydrogens (tertiary/aromatic N) is 3. The SMILES string of the molecule is CCC1[C@H](C)C(Nc2ccccn2)c2cc(N3CCOCC3)ccc2N1C(C)=O. The molecule has 3 atom stereocenters. The number of aromatic nitrogens is 1. The highest BCUT2D eigenvalue weighted by Gasteiger charge is 2.40. The minimum Gasteiger partial charge on any atom is -0.378 e. The summed E-state index contributed by atoms with van der Waals surface area (Å²) in [5, 5.41) is 3.65. The number of rotatable bonds is 4. The monoisotopic (exact) mass is 394 g/mol. The Hall–Kier alpha value is -2.60. The van der Waals surface area contributed by atoms with E-state index in [1.54, 1.807) is 13.1 Å².